The molecule has 0 unspecified atom stereocenters. The molecule has 2 aromatic rings. The van der Waals surface area contributed by atoms with Crippen LogP contribution in [-0.4, -0.2) is 23.4 Å². The largest absolute Gasteiger partial charge is 0.260 e. The fourth-order valence-corrected chi connectivity index (χ4v) is 3.66. The molecule has 1 aromatic carbocycles. The second-order valence-electron chi connectivity index (χ2n) is 3.94. The van der Waals surface area contributed by atoms with Crippen molar-refractivity contribution in [3.63, 3.8) is 0 Å². The van der Waals surface area contributed by atoms with Crippen LogP contribution in [-0.2, 0) is 23.6 Å². The summed E-state index contributed by atoms with van der Waals surface area (Å²) < 4.78 is 28.1. The molecule has 7 nitrogen and oxygen atoms in total. The van der Waals surface area contributed by atoms with E-state index in [0.29, 0.717) is 5.56 Å². The quantitative estimate of drug-likeness (QED) is 0.878. The first-order valence-corrected chi connectivity index (χ1v) is 7.75. The second kappa shape index (κ2) is 5.70. The molecule has 1 aromatic heterocycles. The highest BCUT2D eigenvalue weighted by Gasteiger charge is 2.23. The molecule has 2 rings (SSSR count). The lowest BCUT2D eigenvalue weighted by Gasteiger charge is -2.06. The number of nitrogens with zero attached hydrogens (tertiary/aromatic N) is 4. The van der Waals surface area contributed by atoms with Crippen molar-refractivity contribution in [2.75, 3.05) is 0 Å². The molecular formula is C11H10BrN5O2S. The van der Waals surface area contributed by atoms with Gasteiger partial charge in [-0.15, -0.1) is 5.10 Å². The number of benzene rings is 1. The van der Waals surface area contributed by atoms with Crippen molar-refractivity contribution >= 4 is 26.0 Å². The highest BCUT2D eigenvalue weighted by Crippen LogP contribution is 2.17. The van der Waals surface area contributed by atoms with Crippen LogP contribution < -0.4 is 4.72 Å². The number of hydrogen-bond acceptors (Lipinski definition) is 5. The fraction of sp³-hybridized carbons (Fsp3) is 0.182. The summed E-state index contributed by atoms with van der Waals surface area (Å²) in [5.41, 5.74) is 1.27. The lowest BCUT2D eigenvalue weighted by Crippen LogP contribution is -2.25. The molecule has 0 saturated heterocycles. The van der Waals surface area contributed by atoms with Crippen LogP contribution in [0.15, 0.2) is 33.9 Å². The molecule has 1 N–H and O–H groups in total. The number of aryl methyl sites for hydroxylation is 1. The average Bonchev–Trinajstić information content (AvgIpc) is 2.77. The predicted molar refractivity (Wildman–Crippen MR) is 73.9 cm³/mol. The van der Waals surface area contributed by atoms with E-state index in [1.165, 1.54) is 11.7 Å². The van der Waals surface area contributed by atoms with Gasteiger partial charge in [-0.25, -0.2) is 17.8 Å². The van der Waals surface area contributed by atoms with Crippen molar-refractivity contribution < 1.29 is 8.42 Å². The van der Waals surface area contributed by atoms with Gasteiger partial charge in [0.25, 0.3) is 10.0 Å². The van der Waals surface area contributed by atoms with Gasteiger partial charge in [0.05, 0.1) is 11.6 Å². The molecule has 0 spiro atoms. The molecular weight excluding hydrogens is 346 g/mol. The van der Waals surface area contributed by atoms with Crippen LogP contribution in [0, 0.1) is 11.3 Å². The summed E-state index contributed by atoms with van der Waals surface area (Å²) in [6, 6.07) is 8.64. The van der Waals surface area contributed by atoms with Crippen molar-refractivity contribution in [2.24, 2.45) is 7.05 Å². The van der Waals surface area contributed by atoms with Crippen molar-refractivity contribution in [3.05, 3.63) is 40.0 Å². The van der Waals surface area contributed by atoms with Gasteiger partial charge in [0, 0.05) is 13.6 Å². The summed E-state index contributed by atoms with van der Waals surface area (Å²) in [6.45, 7) is 0.117. The van der Waals surface area contributed by atoms with Crippen molar-refractivity contribution in [3.8, 4) is 6.07 Å². The van der Waals surface area contributed by atoms with Gasteiger partial charge in [-0.1, -0.05) is 17.3 Å². The molecule has 0 aliphatic heterocycles. The van der Waals surface area contributed by atoms with Crippen LogP contribution in [0.5, 0.6) is 0 Å². The van der Waals surface area contributed by atoms with Crippen LogP contribution in [0.25, 0.3) is 0 Å². The Morgan fingerprint density at radius 3 is 2.55 bits per heavy atom. The normalized spacial score (nSPS) is 11.2. The zero-order valence-electron chi connectivity index (χ0n) is 10.4. The zero-order chi connectivity index (χ0) is 14.8. The molecule has 0 bridgehead atoms. The number of halogens is 1. The maximum absolute atomic E-state index is 12.1. The lowest BCUT2D eigenvalue weighted by atomic mass is 10.1. The first kappa shape index (κ1) is 14.6. The zero-order valence-corrected chi connectivity index (χ0v) is 12.8. The average molecular weight is 356 g/mol. The molecule has 0 radical (unpaired) electrons. The summed E-state index contributed by atoms with van der Waals surface area (Å²) in [5.74, 6) is 0. The SMILES string of the molecule is Cn1nnc(Br)c1S(=O)(=O)NCc1ccc(C#N)cc1. The van der Waals surface area contributed by atoms with Crippen LogP contribution in [0.2, 0.25) is 0 Å². The first-order valence-electron chi connectivity index (χ1n) is 5.48. The second-order valence-corrected chi connectivity index (χ2v) is 6.38. The first-order chi connectivity index (χ1) is 9.44. The fourth-order valence-electron chi connectivity index (χ4n) is 1.55. The van der Waals surface area contributed by atoms with E-state index in [1.54, 1.807) is 24.3 Å². The van der Waals surface area contributed by atoms with Gasteiger partial charge in [0.1, 0.15) is 0 Å². The van der Waals surface area contributed by atoms with Crippen LogP contribution >= 0.6 is 15.9 Å². The van der Waals surface area contributed by atoms with Gasteiger partial charge < -0.3 is 0 Å². The third-order valence-corrected chi connectivity index (χ3v) is 4.83. The van der Waals surface area contributed by atoms with Crippen LogP contribution in [0.3, 0.4) is 0 Å². The molecule has 20 heavy (non-hydrogen) atoms. The Kier molecular flexibility index (Phi) is 4.17. The van der Waals surface area contributed by atoms with E-state index in [1.807, 2.05) is 6.07 Å². The topological polar surface area (TPSA) is 101 Å². The maximum Gasteiger partial charge on any atom is 0.260 e. The Bertz CT molecular complexity index is 742. The smallest absolute Gasteiger partial charge is 0.235 e. The summed E-state index contributed by atoms with van der Waals surface area (Å²) in [4.78, 5) is 0. The minimum Gasteiger partial charge on any atom is -0.235 e. The molecule has 0 saturated carbocycles. The number of hydrogen-bond donors (Lipinski definition) is 1. The molecule has 0 aliphatic carbocycles. The Balaban J connectivity index is 2.15. The number of rotatable bonds is 4. The summed E-state index contributed by atoms with van der Waals surface area (Å²) in [6.07, 6.45) is 0. The Labute approximate surface area is 124 Å². The Morgan fingerprint density at radius 1 is 1.40 bits per heavy atom. The highest BCUT2D eigenvalue weighted by atomic mass is 79.9. The third-order valence-electron chi connectivity index (χ3n) is 2.54. The summed E-state index contributed by atoms with van der Waals surface area (Å²) >= 11 is 3.05. The van der Waals surface area contributed by atoms with Gasteiger partial charge >= 0.3 is 0 Å². The van der Waals surface area contributed by atoms with Crippen molar-refractivity contribution in [1.82, 2.24) is 19.7 Å². The molecule has 1 heterocycles. The Hall–Kier alpha value is -1.76. The molecule has 0 fully saturated rings. The van der Waals surface area contributed by atoms with Crippen molar-refractivity contribution in [1.29, 1.82) is 5.26 Å². The summed E-state index contributed by atoms with van der Waals surface area (Å²) in [5, 5.41) is 15.9. The number of nitriles is 1. The van der Waals surface area contributed by atoms with E-state index in [-0.39, 0.29) is 16.2 Å². The minimum atomic E-state index is -3.72. The summed E-state index contributed by atoms with van der Waals surface area (Å²) in [7, 11) is -2.22. The Morgan fingerprint density at radius 2 is 2.05 bits per heavy atom. The highest BCUT2D eigenvalue weighted by molar-refractivity contribution is 9.10. The van der Waals surface area contributed by atoms with E-state index in [0.717, 1.165) is 5.56 Å². The van der Waals surface area contributed by atoms with E-state index in [2.05, 4.69) is 31.0 Å². The van der Waals surface area contributed by atoms with Gasteiger partial charge in [0.15, 0.2) is 4.60 Å². The molecule has 0 amide bonds. The van der Waals surface area contributed by atoms with E-state index < -0.39 is 10.0 Å². The third kappa shape index (κ3) is 3.04. The standard InChI is InChI=1S/C11H10BrN5O2S/c1-17-11(10(12)15-16-17)20(18,19)14-7-9-4-2-8(6-13)3-5-9/h2-5,14H,7H2,1H3. The minimum absolute atomic E-state index is 0.0360. The lowest BCUT2D eigenvalue weighted by molar-refractivity contribution is 0.560. The molecule has 104 valence electrons. The van der Waals surface area contributed by atoms with E-state index in [9.17, 15) is 8.42 Å². The van der Waals surface area contributed by atoms with Gasteiger partial charge in [-0.05, 0) is 33.6 Å². The van der Waals surface area contributed by atoms with Crippen LogP contribution in [0.1, 0.15) is 11.1 Å². The molecule has 0 aliphatic rings. The van der Waals surface area contributed by atoms with E-state index >= 15 is 0 Å². The number of aromatic nitrogens is 3. The number of nitrogens with one attached hydrogen (secondary N) is 1. The predicted octanol–water partition coefficient (Wildman–Crippen LogP) is 0.928. The van der Waals surface area contributed by atoms with E-state index in [4.69, 9.17) is 5.26 Å². The van der Waals surface area contributed by atoms with Crippen LogP contribution in [0.4, 0.5) is 0 Å². The molecule has 0 atom stereocenters. The van der Waals surface area contributed by atoms with Gasteiger partial charge in [0.2, 0.25) is 5.03 Å². The number of sulfonamides is 1. The van der Waals surface area contributed by atoms with Gasteiger partial charge in [-0.2, -0.15) is 5.26 Å². The van der Waals surface area contributed by atoms with Gasteiger partial charge in [-0.3, -0.25) is 0 Å². The molecule has 9 heteroatoms. The van der Waals surface area contributed by atoms with Crippen molar-refractivity contribution in [2.45, 2.75) is 11.6 Å². The monoisotopic (exact) mass is 355 g/mol. The maximum atomic E-state index is 12.1.